The van der Waals surface area contributed by atoms with Crippen molar-refractivity contribution in [1.82, 2.24) is 29.9 Å². The number of carbonyl (C=O) groups excluding carboxylic acids is 1. The van der Waals surface area contributed by atoms with Crippen LogP contribution in [0.5, 0.6) is 5.75 Å². The summed E-state index contributed by atoms with van der Waals surface area (Å²) in [5, 5.41) is 23.2. The van der Waals surface area contributed by atoms with E-state index in [9.17, 15) is 9.90 Å². The van der Waals surface area contributed by atoms with E-state index >= 15 is 0 Å². The second-order valence-electron chi connectivity index (χ2n) is 6.30. The Morgan fingerprint density at radius 2 is 2.10 bits per heavy atom. The molecule has 158 valence electrons. The number of aryl methyl sites for hydroxylation is 1. The highest BCUT2D eigenvalue weighted by Gasteiger charge is 2.18. The number of para-hydroxylation sites is 1. The van der Waals surface area contributed by atoms with Gasteiger partial charge in [0.05, 0.1) is 29.6 Å². The molecule has 0 aliphatic rings. The van der Waals surface area contributed by atoms with E-state index in [1.165, 1.54) is 6.20 Å². The van der Waals surface area contributed by atoms with E-state index in [0.717, 1.165) is 0 Å². The summed E-state index contributed by atoms with van der Waals surface area (Å²) in [5.74, 6) is 1.63. The van der Waals surface area contributed by atoms with Crippen LogP contribution in [0.2, 0.25) is 0 Å². The van der Waals surface area contributed by atoms with E-state index in [2.05, 4.69) is 35.8 Å². The first-order valence-corrected chi connectivity index (χ1v) is 9.07. The third-order valence-corrected chi connectivity index (χ3v) is 4.28. The molecule has 4 aromatic rings. The summed E-state index contributed by atoms with van der Waals surface area (Å²) in [4.78, 5) is 23.5. The van der Waals surface area contributed by atoms with Crippen LogP contribution in [0, 0.1) is 0 Å². The number of aromatic nitrogens is 6. The van der Waals surface area contributed by atoms with Gasteiger partial charge in [-0.05, 0) is 12.1 Å². The summed E-state index contributed by atoms with van der Waals surface area (Å²) in [7, 11) is 3.33. The summed E-state index contributed by atoms with van der Waals surface area (Å²) in [5.41, 5.74) is 2.32. The number of hydrogen-bond donors (Lipinski definition) is 3. The number of pyridine rings is 1. The number of amides is 1. The van der Waals surface area contributed by atoms with Crippen LogP contribution in [0.1, 0.15) is 5.89 Å². The van der Waals surface area contributed by atoms with Crippen LogP contribution < -0.4 is 15.4 Å². The number of ether oxygens (including phenoxy) is 1. The van der Waals surface area contributed by atoms with Crippen molar-refractivity contribution < 1.29 is 19.2 Å². The summed E-state index contributed by atoms with van der Waals surface area (Å²) in [6.45, 7) is -0.388. The van der Waals surface area contributed by atoms with Crippen molar-refractivity contribution in [2.75, 3.05) is 17.7 Å². The van der Waals surface area contributed by atoms with Gasteiger partial charge in [-0.15, -0.1) is 0 Å². The molecule has 0 saturated carbocycles. The molecule has 0 aliphatic carbocycles. The Morgan fingerprint density at radius 3 is 2.77 bits per heavy atom. The molecule has 12 nitrogen and oxygen atoms in total. The Balaban J connectivity index is 1.79. The average Bonchev–Trinajstić information content (AvgIpc) is 3.43. The molecular weight excluding hydrogens is 404 g/mol. The van der Waals surface area contributed by atoms with Crippen LogP contribution in [-0.2, 0) is 18.4 Å². The van der Waals surface area contributed by atoms with Crippen LogP contribution in [0.4, 0.5) is 17.2 Å². The number of nitrogens with one attached hydrogen (secondary N) is 2. The van der Waals surface area contributed by atoms with Crippen molar-refractivity contribution in [3.05, 3.63) is 42.7 Å². The summed E-state index contributed by atoms with van der Waals surface area (Å²) in [6, 6.07) is 7.11. The standard InChI is InChI=1S/C19H18N8O4/c1-27-9-21-18(25-27)11-4-3-5-13(17(11)30-2)23-14-6-15(22-10-29)20-7-12(14)19-24-16(8-28)31-26-19/h3-7,9-10,28H,8H2,1-2H3,(H2,20,22,23,29). The number of anilines is 3. The molecule has 0 atom stereocenters. The topological polar surface area (TPSA) is 153 Å². The highest BCUT2D eigenvalue weighted by molar-refractivity contribution is 5.85. The van der Waals surface area contributed by atoms with Gasteiger partial charge in [0.15, 0.2) is 11.6 Å². The Bertz CT molecular complexity index is 1220. The third kappa shape index (κ3) is 4.04. The average molecular weight is 422 g/mol. The lowest BCUT2D eigenvalue weighted by Crippen LogP contribution is -2.02. The first-order chi connectivity index (χ1) is 15.1. The van der Waals surface area contributed by atoms with Gasteiger partial charge in [-0.3, -0.25) is 9.48 Å². The van der Waals surface area contributed by atoms with E-state index in [4.69, 9.17) is 9.26 Å². The van der Waals surface area contributed by atoms with Crippen molar-refractivity contribution in [3.63, 3.8) is 0 Å². The lowest BCUT2D eigenvalue weighted by atomic mass is 10.1. The van der Waals surface area contributed by atoms with E-state index in [1.54, 1.807) is 31.2 Å². The number of methoxy groups -OCH3 is 1. The molecule has 31 heavy (non-hydrogen) atoms. The van der Waals surface area contributed by atoms with Gasteiger partial charge >= 0.3 is 0 Å². The number of aliphatic hydroxyl groups excluding tert-OH is 1. The fourth-order valence-corrected chi connectivity index (χ4v) is 2.94. The van der Waals surface area contributed by atoms with Gasteiger partial charge in [-0.25, -0.2) is 9.97 Å². The number of nitrogens with zero attached hydrogens (tertiary/aromatic N) is 6. The van der Waals surface area contributed by atoms with Gasteiger partial charge in [0.2, 0.25) is 12.2 Å². The Kier molecular flexibility index (Phi) is 5.53. The molecule has 0 fully saturated rings. The Morgan fingerprint density at radius 1 is 1.23 bits per heavy atom. The molecule has 0 aliphatic heterocycles. The quantitative estimate of drug-likeness (QED) is 0.358. The third-order valence-electron chi connectivity index (χ3n) is 4.28. The lowest BCUT2D eigenvalue weighted by molar-refractivity contribution is -0.105. The van der Waals surface area contributed by atoms with Crippen LogP contribution in [0.3, 0.4) is 0 Å². The fourth-order valence-electron chi connectivity index (χ4n) is 2.94. The predicted octanol–water partition coefficient (Wildman–Crippen LogP) is 1.74. The van der Waals surface area contributed by atoms with Crippen LogP contribution >= 0.6 is 0 Å². The van der Waals surface area contributed by atoms with Crippen molar-refractivity contribution in [1.29, 1.82) is 0 Å². The molecule has 0 saturated heterocycles. The number of carbonyl (C=O) groups is 1. The van der Waals surface area contributed by atoms with Gasteiger partial charge in [0.1, 0.15) is 18.8 Å². The molecule has 12 heteroatoms. The van der Waals surface area contributed by atoms with E-state index in [-0.39, 0.29) is 18.3 Å². The molecular formula is C19H18N8O4. The van der Waals surface area contributed by atoms with Gasteiger partial charge in [-0.1, -0.05) is 11.2 Å². The Hall–Kier alpha value is -4.32. The highest BCUT2D eigenvalue weighted by Crippen LogP contribution is 2.38. The first kappa shape index (κ1) is 20.0. The molecule has 1 aromatic carbocycles. The van der Waals surface area contributed by atoms with E-state index < -0.39 is 0 Å². The minimum atomic E-state index is -0.388. The van der Waals surface area contributed by atoms with Gasteiger partial charge in [0, 0.05) is 19.3 Å². The van der Waals surface area contributed by atoms with Crippen molar-refractivity contribution >= 4 is 23.6 Å². The summed E-state index contributed by atoms with van der Waals surface area (Å²) >= 11 is 0. The molecule has 1 amide bonds. The van der Waals surface area contributed by atoms with Crippen molar-refractivity contribution in [2.45, 2.75) is 6.61 Å². The predicted molar refractivity (Wildman–Crippen MR) is 109 cm³/mol. The van der Waals surface area contributed by atoms with Crippen LogP contribution in [0.15, 0.2) is 41.3 Å². The fraction of sp³-hybridized carbons (Fsp3) is 0.158. The maximum atomic E-state index is 10.9. The summed E-state index contributed by atoms with van der Waals surface area (Å²) < 4.78 is 12.2. The van der Waals surface area contributed by atoms with Gasteiger partial charge in [-0.2, -0.15) is 10.1 Å². The molecule has 0 bridgehead atoms. The molecule has 0 radical (unpaired) electrons. The monoisotopic (exact) mass is 422 g/mol. The molecule has 3 aromatic heterocycles. The second kappa shape index (κ2) is 8.59. The zero-order valence-corrected chi connectivity index (χ0v) is 16.6. The minimum absolute atomic E-state index is 0.0665. The molecule has 4 rings (SSSR count). The maximum Gasteiger partial charge on any atom is 0.252 e. The zero-order valence-electron chi connectivity index (χ0n) is 16.6. The van der Waals surface area contributed by atoms with Crippen molar-refractivity contribution in [2.24, 2.45) is 7.05 Å². The van der Waals surface area contributed by atoms with E-state index in [0.29, 0.717) is 46.3 Å². The first-order valence-electron chi connectivity index (χ1n) is 9.07. The van der Waals surface area contributed by atoms with Crippen LogP contribution in [0.25, 0.3) is 22.8 Å². The zero-order chi connectivity index (χ0) is 21.8. The SMILES string of the molecule is COc1c(Nc2cc(NC=O)ncc2-c2noc(CO)n2)cccc1-c1ncn(C)n1. The normalized spacial score (nSPS) is 10.7. The molecule has 3 N–H and O–H groups in total. The van der Waals surface area contributed by atoms with Crippen LogP contribution in [-0.4, -0.2) is 48.5 Å². The number of benzene rings is 1. The summed E-state index contributed by atoms with van der Waals surface area (Å²) in [6.07, 6.45) is 3.61. The number of aliphatic hydroxyl groups is 1. The minimum Gasteiger partial charge on any atom is -0.494 e. The van der Waals surface area contributed by atoms with Gasteiger partial charge < -0.3 is 25.0 Å². The lowest BCUT2D eigenvalue weighted by Gasteiger charge is -2.16. The number of hydrogen-bond acceptors (Lipinski definition) is 10. The molecule has 3 heterocycles. The second-order valence-corrected chi connectivity index (χ2v) is 6.30. The molecule has 0 unspecified atom stereocenters. The molecule has 0 spiro atoms. The smallest absolute Gasteiger partial charge is 0.252 e. The number of rotatable bonds is 8. The maximum absolute atomic E-state index is 10.9. The van der Waals surface area contributed by atoms with Gasteiger partial charge in [0.25, 0.3) is 5.89 Å². The van der Waals surface area contributed by atoms with E-state index in [1.807, 2.05) is 18.2 Å². The largest absolute Gasteiger partial charge is 0.494 e. The van der Waals surface area contributed by atoms with Crippen molar-refractivity contribution in [3.8, 4) is 28.5 Å². The Labute approximate surface area is 175 Å². The highest BCUT2D eigenvalue weighted by atomic mass is 16.5.